The Kier molecular flexibility index (Phi) is 2.34. The number of rotatable bonds is 3. The molecule has 13 heavy (non-hydrogen) atoms. The molecule has 0 aliphatic carbocycles. The van der Waals surface area contributed by atoms with Crippen molar-refractivity contribution in [1.29, 1.82) is 0 Å². The first-order valence-electron chi connectivity index (χ1n) is 5.23. The highest BCUT2D eigenvalue weighted by Gasteiger charge is 2.03. The Hall–Kier alpha value is -1.15. The number of aliphatic hydroxyl groups is 1. The van der Waals surface area contributed by atoms with Crippen molar-refractivity contribution < 1.29 is 12.6 Å². The van der Waals surface area contributed by atoms with Gasteiger partial charge in [-0.25, -0.2) is 0 Å². The molecule has 0 fully saturated rings. The molecule has 0 saturated heterocycles. The van der Waals surface area contributed by atoms with Crippen LogP contribution >= 0.6 is 0 Å². The quantitative estimate of drug-likeness (QED) is 0.722. The predicted molar refractivity (Wildman–Crippen MR) is 51.7 cm³/mol. The lowest BCUT2D eigenvalue weighted by molar-refractivity contribution is 0.101. The van der Waals surface area contributed by atoms with E-state index in [0.29, 0.717) is 17.5 Å². The standard InChI is InChI=1S/C11H14O2/c1-3-9-6-10(8(2)13)4-5-11(9)7-12/h4-6,12H,3,7H2,1-2H3/i7D2. The molecule has 0 radical (unpaired) electrons. The van der Waals surface area contributed by atoms with Crippen molar-refractivity contribution in [1.82, 2.24) is 0 Å². The number of carbonyl (C=O) groups is 1. The minimum absolute atomic E-state index is 0.0604. The molecule has 0 atom stereocenters. The van der Waals surface area contributed by atoms with Gasteiger partial charge in [-0.2, -0.15) is 0 Å². The van der Waals surface area contributed by atoms with Crippen LogP contribution in [0.4, 0.5) is 0 Å². The fourth-order valence-corrected chi connectivity index (χ4v) is 1.21. The summed E-state index contributed by atoms with van der Waals surface area (Å²) >= 11 is 0. The van der Waals surface area contributed by atoms with Crippen molar-refractivity contribution in [3.63, 3.8) is 0 Å². The average Bonchev–Trinajstić information content (AvgIpc) is 2.15. The van der Waals surface area contributed by atoms with E-state index in [-0.39, 0.29) is 11.3 Å². The third kappa shape index (κ3) is 2.16. The second-order valence-electron chi connectivity index (χ2n) is 2.89. The van der Waals surface area contributed by atoms with E-state index in [0.717, 1.165) is 0 Å². The highest BCUT2D eigenvalue weighted by molar-refractivity contribution is 5.94. The SMILES string of the molecule is [2H]C([2H])(O)c1ccc(C(C)=O)cc1CC. The molecule has 0 aliphatic rings. The maximum Gasteiger partial charge on any atom is 0.159 e. The Bertz CT molecular complexity index is 381. The summed E-state index contributed by atoms with van der Waals surface area (Å²) in [7, 11) is 0. The first kappa shape index (κ1) is 7.27. The van der Waals surface area contributed by atoms with Gasteiger partial charge in [0.1, 0.15) is 0 Å². The topological polar surface area (TPSA) is 37.3 Å². The van der Waals surface area contributed by atoms with Crippen LogP contribution in [0.25, 0.3) is 0 Å². The molecule has 1 aromatic carbocycles. The van der Waals surface area contributed by atoms with Gasteiger partial charge < -0.3 is 5.11 Å². The predicted octanol–water partition coefficient (Wildman–Crippen LogP) is 1.94. The van der Waals surface area contributed by atoms with E-state index in [1.54, 1.807) is 6.07 Å². The monoisotopic (exact) mass is 180 g/mol. The molecule has 1 rings (SSSR count). The van der Waals surface area contributed by atoms with Crippen molar-refractivity contribution in [2.45, 2.75) is 26.8 Å². The molecule has 70 valence electrons. The third-order valence-electron chi connectivity index (χ3n) is 2.01. The zero-order valence-corrected chi connectivity index (χ0v) is 7.79. The summed E-state index contributed by atoms with van der Waals surface area (Å²) in [6.45, 7) is 0.969. The highest BCUT2D eigenvalue weighted by Crippen LogP contribution is 2.13. The van der Waals surface area contributed by atoms with Gasteiger partial charge >= 0.3 is 0 Å². The molecule has 0 unspecified atom stereocenters. The number of aryl methyl sites for hydroxylation is 1. The lowest BCUT2D eigenvalue weighted by atomic mass is 10.0. The zero-order valence-electron chi connectivity index (χ0n) is 9.79. The Balaban J connectivity index is 3.27. The minimum atomic E-state index is -2.35. The van der Waals surface area contributed by atoms with Crippen LogP contribution in [0.1, 0.15) is 38.1 Å². The van der Waals surface area contributed by atoms with Crippen LogP contribution in [0.2, 0.25) is 0 Å². The smallest absolute Gasteiger partial charge is 0.159 e. The normalized spacial score (nSPS) is 13.5. The van der Waals surface area contributed by atoms with Crippen LogP contribution in [0.3, 0.4) is 0 Å². The van der Waals surface area contributed by atoms with Crippen molar-refractivity contribution in [2.24, 2.45) is 0 Å². The largest absolute Gasteiger partial charge is 0.392 e. The molecule has 0 amide bonds. The molecule has 2 nitrogen and oxygen atoms in total. The molecule has 0 heterocycles. The third-order valence-corrected chi connectivity index (χ3v) is 2.01. The molecule has 0 spiro atoms. The molecule has 0 bridgehead atoms. The number of hydrogen-bond acceptors (Lipinski definition) is 2. The first-order chi connectivity index (χ1) is 6.86. The summed E-state index contributed by atoms with van der Waals surface area (Å²) < 4.78 is 14.5. The van der Waals surface area contributed by atoms with Crippen LogP contribution < -0.4 is 0 Å². The van der Waals surface area contributed by atoms with Gasteiger partial charge in [-0.15, -0.1) is 0 Å². The van der Waals surface area contributed by atoms with E-state index in [1.807, 2.05) is 6.92 Å². The minimum Gasteiger partial charge on any atom is -0.392 e. The molecule has 0 aromatic heterocycles. The second kappa shape index (κ2) is 4.19. The summed E-state index contributed by atoms with van der Waals surface area (Å²) in [5, 5.41) is 9.28. The van der Waals surface area contributed by atoms with Crippen LogP contribution in [-0.4, -0.2) is 10.9 Å². The maximum absolute atomic E-state index is 11.1. The van der Waals surface area contributed by atoms with Crippen LogP contribution in [0.5, 0.6) is 0 Å². The Morgan fingerprint density at radius 1 is 1.54 bits per heavy atom. The van der Waals surface area contributed by atoms with Crippen LogP contribution in [0, 0.1) is 0 Å². The van der Waals surface area contributed by atoms with Crippen LogP contribution in [-0.2, 0) is 13.0 Å². The summed E-state index contributed by atoms with van der Waals surface area (Å²) in [6, 6.07) is 4.63. The van der Waals surface area contributed by atoms with Gasteiger partial charge in [0.25, 0.3) is 0 Å². The Morgan fingerprint density at radius 3 is 2.69 bits per heavy atom. The molecular formula is C11H14O2. The van der Waals surface area contributed by atoms with Gasteiger partial charge in [-0.05, 0) is 30.5 Å². The first-order valence-corrected chi connectivity index (χ1v) is 4.23. The zero-order chi connectivity index (χ0) is 11.6. The molecule has 1 aromatic rings. The van der Waals surface area contributed by atoms with Gasteiger partial charge in [-0.3, -0.25) is 4.79 Å². The van der Waals surface area contributed by atoms with Gasteiger partial charge in [-0.1, -0.05) is 19.1 Å². The van der Waals surface area contributed by atoms with E-state index >= 15 is 0 Å². The summed E-state index contributed by atoms with van der Waals surface area (Å²) in [4.78, 5) is 11.1. The van der Waals surface area contributed by atoms with Gasteiger partial charge in [0.05, 0.1) is 9.30 Å². The number of carbonyl (C=O) groups excluding carboxylic acids is 1. The maximum atomic E-state index is 11.1. The van der Waals surface area contributed by atoms with E-state index in [2.05, 4.69) is 0 Å². The second-order valence-corrected chi connectivity index (χ2v) is 2.89. The Labute approximate surface area is 81.0 Å². The number of ketones is 1. The van der Waals surface area contributed by atoms with E-state index in [1.165, 1.54) is 19.1 Å². The molecule has 0 aliphatic heterocycles. The van der Waals surface area contributed by atoms with Crippen molar-refractivity contribution in [3.05, 3.63) is 34.9 Å². The van der Waals surface area contributed by atoms with Crippen LogP contribution in [0.15, 0.2) is 18.2 Å². The molecular weight excluding hydrogens is 164 g/mol. The van der Waals surface area contributed by atoms with E-state index < -0.39 is 6.56 Å². The van der Waals surface area contributed by atoms with E-state index in [9.17, 15) is 9.90 Å². The molecule has 0 saturated carbocycles. The Morgan fingerprint density at radius 2 is 2.23 bits per heavy atom. The number of Topliss-reactive ketones (excluding diaryl/α,β-unsaturated/α-hetero) is 1. The van der Waals surface area contributed by atoms with Crippen molar-refractivity contribution in [2.75, 3.05) is 0 Å². The summed E-state index contributed by atoms with van der Waals surface area (Å²) in [6.07, 6.45) is 0.580. The molecule has 1 N–H and O–H groups in total. The fraction of sp³-hybridized carbons (Fsp3) is 0.364. The van der Waals surface area contributed by atoms with Crippen molar-refractivity contribution >= 4 is 5.78 Å². The lowest BCUT2D eigenvalue weighted by Crippen LogP contribution is -1.98. The average molecular weight is 180 g/mol. The molecule has 2 heteroatoms. The fourth-order valence-electron chi connectivity index (χ4n) is 1.21. The number of hydrogen-bond donors (Lipinski definition) is 1. The van der Waals surface area contributed by atoms with Gasteiger partial charge in [0.15, 0.2) is 5.78 Å². The van der Waals surface area contributed by atoms with Gasteiger partial charge in [0, 0.05) is 5.56 Å². The summed E-state index contributed by atoms with van der Waals surface area (Å²) in [5.41, 5.74) is 1.44. The van der Waals surface area contributed by atoms with Gasteiger partial charge in [0.2, 0.25) is 0 Å². The highest BCUT2D eigenvalue weighted by atomic mass is 16.3. The van der Waals surface area contributed by atoms with Crippen molar-refractivity contribution in [3.8, 4) is 0 Å². The lowest BCUT2D eigenvalue weighted by Gasteiger charge is -2.06. The summed E-state index contributed by atoms with van der Waals surface area (Å²) in [5.74, 6) is -0.0604. The van der Waals surface area contributed by atoms with E-state index in [4.69, 9.17) is 2.74 Å². The number of benzene rings is 1.